The Morgan fingerprint density at radius 1 is 1.53 bits per heavy atom. The first-order valence-corrected chi connectivity index (χ1v) is 6.52. The number of amidine groups is 1. The van der Waals surface area contributed by atoms with Crippen molar-refractivity contribution in [1.82, 2.24) is 9.36 Å². The van der Waals surface area contributed by atoms with Gasteiger partial charge in [-0.05, 0) is 13.3 Å². The number of nitrogens with zero attached hydrogens (tertiary/aromatic N) is 4. The molecule has 0 amide bonds. The summed E-state index contributed by atoms with van der Waals surface area (Å²) < 4.78 is 4.30. The summed E-state index contributed by atoms with van der Waals surface area (Å²) in [6.07, 6.45) is 2.48. The van der Waals surface area contributed by atoms with E-state index in [0.29, 0.717) is 13.0 Å². The largest absolute Gasteiger partial charge is 0.409 e. The molecule has 0 radical (unpaired) electrons. The van der Waals surface area contributed by atoms with Crippen molar-refractivity contribution >= 4 is 22.5 Å². The maximum absolute atomic E-state index is 8.48. The van der Waals surface area contributed by atoms with Gasteiger partial charge in [0.1, 0.15) is 11.7 Å². The van der Waals surface area contributed by atoms with E-state index in [9.17, 15) is 0 Å². The summed E-state index contributed by atoms with van der Waals surface area (Å²) in [5, 5.41) is 12.3. The van der Waals surface area contributed by atoms with Gasteiger partial charge in [-0.2, -0.15) is 4.37 Å². The molecule has 1 heterocycles. The van der Waals surface area contributed by atoms with Crippen LogP contribution in [0.4, 0.5) is 5.13 Å². The van der Waals surface area contributed by atoms with E-state index in [1.54, 1.807) is 0 Å². The highest BCUT2D eigenvalue weighted by atomic mass is 32.1. The fraction of sp³-hybridized carbons (Fsp3) is 0.700. The molecule has 0 aliphatic rings. The van der Waals surface area contributed by atoms with Gasteiger partial charge in [0.05, 0.1) is 0 Å². The first-order valence-electron chi connectivity index (χ1n) is 5.75. The molecular formula is C10H19N5OS. The van der Waals surface area contributed by atoms with Crippen molar-refractivity contribution in [3.05, 3.63) is 5.82 Å². The number of oxime groups is 1. The highest BCUT2D eigenvalue weighted by Gasteiger charge is 2.11. The van der Waals surface area contributed by atoms with Gasteiger partial charge in [-0.15, -0.1) is 0 Å². The average Bonchev–Trinajstić information content (AvgIpc) is 2.78. The fourth-order valence-electron chi connectivity index (χ4n) is 1.39. The van der Waals surface area contributed by atoms with Gasteiger partial charge in [0.2, 0.25) is 5.13 Å². The number of hydrogen-bond acceptors (Lipinski definition) is 6. The molecule has 0 aliphatic heterocycles. The molecule has 0 spiro atoms. The van der Waals surface area contributed by atoms with Crippen molar-refractivity contribution in [3.8, 4) is 0 Å². The Morgan fingerprint density at radius 2 is 2.29 bits per heavy atom. The van der Waals surface area contributed by atoms with Crippen molar-refractivity contribution in [2.24, 2.45) is 10.9 Å². The number of anilines is 1. The van der Waals surface area contributed by atoms with Crippen LogP contribution in [-0.4, -0.2) is 33.5 Å². The summed E-state index contributed by atoms with van der Waals surface area (Å²) in [5.41, 5.74) is 5.45. The maximum Gasteiger partial charge on any atom is 0.205 e. The minimum absolute atomic E-state index is 0.238. The van der Waals surface area contributed by atoms with Crippen LogP contribution in [0.5, 0.6) is 0 Å². The number of nitrogens with two attached hydrogens (primary N) is 1. The lowest BCUT2D eigenvalue weighted by atomic mass is 10.3. The van der Waals surface area contributed by atoms with Gasteiger partial charge < -0.3 is 15.8 Å². The third-order valence-electron chi connectivity index (χ3n) is 2.35. The number of hydrogen-bond donors (Lipinski definition) is 2. The van der Waals surface area contributed by atoms with Gasteiger partial charge in [-0.1, -0.05) is 12.1 Å². The summed E-state index contributed by atoms with van der Waals surface area (Å²) in [4.78, 5) is 6.54. The number of rotatable bonds is 7. The average molecular weight is 257 g/mol. The van der Waals surface area contributed by atoms with Crippen molar-refractivity contribution in [3.63, 3.8) is 0 Å². The lowest BCUT2D eigenvalue weighted by molar-refractivity contribution is 0.317. The van der Waals surface area contributed by atoms with E-state index in [2.05, 4.69) is 26.3 Å². The molecule has 6 nitrogen and oxygen atoms in total. The van der Waals surface area contributed by atoms with Gasteiger partial charge in [-0.3, -0.25) is 0 Å². The van der Waals surface area contributed by atoms with Gasteiger partial charge in [-0.25, -0.2) is 4.98 Å². The van der Waals surface area contributed by atoms with E-state index >= 15 is 0 Å². The quantitative estimate of drug-likeness (QED) is 0.334. The van der Waals surface area contributed by atoms with Crippen LogP contribution in [0.1, 0.15) is 32.5 Å². The van der Waals surface area contributed by atoms with E-state index < -0.39 is 0 Å². The minimum atomic E-state index is 0.238. The Kier molecular flexibility index (Phi) is 5.68. The fourth-order valence-corrected chi connectivity index (χ4v) is 2.19. The number of aryl methyl sites for hydroxylation is 1. The molecule has 0 fully saturated rings. The first-order chi connectivity index (χ1) is 8.21. The van der Waals surface area contributed by atoms with Gasteiger partial charge in [0.25, 0.3) is 0 Å². The summed E-state index contributed by atoms with van der Waals surface area (Å²) >= 11 is 1.40. The van der Waals surface area contributed by atoms with E-state index in [1.165, 1.54) is 11.5 Å². The van der Waals surface area contributed by atoms with Crippen LogP contribution >= 0.6 is 11.5 Å². The van der Waals surface area contributed by atoms with E-state index in [1.807, 2.05) is 6.92 Å². The summed E-state index contributed by atoms with van der Waals surface area (Å²) in [7, 11) is 0. The Bertz CT molecular complexity index is 365. The Morgan fingerprint density at radius 3 is 2.88 bits per heavy atom. The SMILES string of the molecule is CCCc1nsc(N(CC)CCC(N)=NO)n1. The van der Waals surface area contributed by atoms with E-state index in [4.69, 9.17) is 10.9 Å². The van der Waals surface area contributed by atoms with Crippen LogP contribution in [0.2, 0.25) is 0 Å². The molecule has 0 saturated carbocycles. The zero-order valence-corrected chi connectivity index (χ0v) is 11.1. The van der Waals surface area contributed by atoms with Gasteiger partial charge in [0.15, 0.2) is 0 Å². The zero-order chi connectivity index (χ0) is 12.7. The molecule has 1 aromatic heterocycles. The standard InChI is InChI=1S/C10H19N5OS/c1-3-5-9-12-10(17-14-9)15(4-2)7-6-8(11)13-16/h16H,3-7H2,1-2H3,(H2,11,13). The Balaban J connectivity index is 2.59. The molecule has 96 valence electrons. The van der Waals surface area contributed by atoms with Crippen LogP contribution in [0, 0.1) is 0 Å². The highest BCUT2D eigenvalue weighted by molar-refractivity contribution is 7.09. The Labute approximate surface area is 105 Å². The molecule has 0 unspecified atom stereocenters. The van der Waals surface area contributed by atoms with Crippen molar-refractivity contribution in [1.29, 1.82) is 0 Å². The lowest BCUT2D eigenvalue weighted by Crippen LogP contribution is -2.27. The summed E-state index contributed by atoms with van der Waals surface area (Å²) in [6.45, 7) is 5.68. The molecule has 0 saturated heterocycles. The third kappa shape index (κ3) is 4.18. The second kappa shape index (κ2) is 7.05. The van der Waals surface area contributed by atoms with Crippen LogP contribution in [-0.2, 0) is 6.42 Å². The third-order valence-corrected chi connectivity index (χ3v) is 3.16. The number of aromatic nitrogens is 2. The highest BCUT2D eigenvalue weighted by Crippen LogP contribution is 2.17. The summed E-state index contributed by atoms with van der Waals surface area (Å²) in [5.74, 6) is 1.14. The van der Waals surface area contributed by atoms with Crippen LogP contribution < -0.4 is 10.6 Å². The molecule has 7 heteroatoms. The molecule has 3 N–H and O–H groups in total. The smallest absolute Gasteiger partial charge is 0.205 e. The molecular weight excluding hydrogens is 238 g/mol. The van der Waals surface area contributed by atoms with Crippen LogP contribution in [0.15, 0.2) is 5.16 Å². The predicted molar refractivity (Wildman–Crippen MR) is 69.8 cm³/mol. The zero-order valence-electron chi connectivity index (χ0n) is 10.3. The molecule has 17 heavy (non-hydrogen) atoms. The molecule has 1 aromatic rings. The first kappa shape index (κ1) is 13.7. The van der Waals surface area contributed by atoms with Gasteiger partial charge in [0, 0.05) is 37.5 Å². The molecule has 0 aromatic carbocycles. The Hall–Kier alpha value is -1.37. The second-order valence-electron chi connectivity index (χ2n) is 3.66. The van der Waals surface area contributed by atoms with Crippen molar-refractivity contribution in [2.45, 2.75) is 33.1 Å². The van der Waals surface area contributed by atoms with Crippen molar-refractivity contribution in [2.75, 3.05) is 18.0 Å². The summed E-state index contributed by atoms with van der Waals surface area (Å²) in [6, 6.07) is 0. The topological polar surface area (TPSA) is 87.6 Å². The molecule has 1 rings (SSSR count). The maximum atomic E-state index is 8.48. The van der Waals surface area contributed by atoms with Crippen molar-refractivity contribution < 1.29 is 5.21 Å². The monoisotopic (exact) mass is 257 g/mol. The molecule has 0 atom stereocenters. The normalized spacial score (nSPS) is 11.8. The van der Waals surface area contributed by atoms with E-state index in [0.717, 1.165) is 30.3 Å². The minimum Gasteiger partial charge on any atom is -0.409 e. The second-order valence-corrected chi connectivity index (χ2v) is 4.39. The lowest BCUT2D eigenvalue weighted by Gasteiger charge is -2.18. The van der Waals surface area contributed by atoms with Crippen LogP contribution in [0.25, 0.3) is 0 Å². The van der Waals surface area contributed by atoms with E-state index in [-0.39, 0.29) is 5.84 Å². The molecule has 0 aliphatic carbocycles. The van der Waals surface area contributed by atoms with Crippen LogP contribution in [0.3, 0.4) is 0 Å². The molecule has 0 bridgehead atoms. The van der Waals surface area contributed by atoms with Gasteiger partial charge >= 0.3 is 0 Å². The predicted octanol–water partition coefficient (Wildman–Crippen LogP) is 1.45.